The minimum atomic E-state index is -0.671. The zero-order valence-corrected chi connectivity index (χ0v) is 27.5. The Labute approximate surface area is 252 Å². The second-order valence-corrected chi connectivity index (χ2v) is 15.7. The molecule has 11 heteroatoms. The second-order valence-electron chi connectivity index (χ2n) is 15.7. The minimum absolute atomic E-state index is 0.0593. The molecule has 0 aromatic carbocycles. The zero-order chi connectivity index (χ0) is 31.3. The lowest BCUT2D eigenvalue weighted by atomic mass is 9.43. The number of carbonyl (C=O) groups is 3. The Morgan fingerprint density at radius 1 is 1.00 bits per heavy atom. The summed E-state index contributed by atoms with van der Waals surface area (Å²) in [4.78, 5) is 39.8. The molecule has 5 aliphatic rings. The summed E-state index contributed by atoms with van der Waals surface area (Å²) in [5.41, 5.74) is -1.19. The van der Waals surface area contributed by atoms with Crippen molar-refractivity contribution in [1.82, 2.24) is 15.5 Å². The molecule has 0 aromatic rings. The van der Waals surface area contributed by atoms with Crippen LogP contribution in [0.1, 0.15) is 94.9 Å². The van der Waals surface area contributed by atoms with Crippen molar-refractivity contribution in [1.29, 1.82) is 0 Å². The van der Waals surface area contributed by atoms with E-state index in [0.717, 1.165) is 25.6 Å². The molecule has 7 atom stereocenters. The van der Waals surface area contributed by atoms with Crippen LogP contribution < -0.4 is 10.6 Å². The van der Waals surface area contributed by atoms with Gasteiger partial charge >= 0.3 is 19.3 Å². The van der Waals surface area contributed by atoms with Gasteiger partial charge in [-0.1, -0.05) is 20.3 Å². The summed E-state index contributed by atoms with van der Waals surface area (Å²) in [5, 5.41) is 6.26. The molecule has 3 aliphatic carbocycles. The Kier molecular flexibility index (Phi) is 9.38. The summed E-state index contributed by atoms with van der Waals surface area (Å²) in [6.07, 6.45) is 3.73. The van der Waals surface area contributed by atoms with Crippen LogP contribution in [0.15, 0.2) is 0 Å². The van der Waals surface area contributed by atoms with E-state index in [0.29, 0.717) is 36.9 Å². The summed E-state index contributed by atoms with van der Waals surface area (Å²) in [5.74, 6) is 1.05. The van der Waals surface area contributed by atoms with Gasteiger partial charge in [0.2, 0.25) is 0 Å². The van der Waals surface area contributed by atoms with Crippen LogP contribution in [-0.2, 0) is 23.6 Å². The third kappa shape index (κ3) is 7.10. The first kappa shape index (κ1) is 33.1. The average molecular weight is 592 g/mol. The van der Waals surface area contributed by atoms with E-state index in [1.54, 1.807) is 11.8 Å². The summed E-state index contributed by atoms with van der Waals surface area (Å²) in [6, 6.07) is -0.722. The Morgan fingerprint density at radius 2 is 1.67 bits per heavy atom. The van der Waals surface area contributed by atoms with Crippen LogP contribution in [-0.4, -0.2) is 84.6 Å². The molecule has 42 heavy (non-hydrogen) atoms. The summed E-state index contributed by atoms with van der Waals surface area (Å²) in [6.45, 7) is 20.6. The van der Waals surface area contributed by atoms with Gasteiger partial charge < -0.3 is 29.4 Å². The van der Waals surface area contributed by atoms with Gasteiger partial charge in [-0.05, 0) is 98.2 Å². The van der Waals surface area contributed by atoms with Crippen LogP contribution in [0.25, 0.3) is 0 Å². The SMILES string of the molecule is CC(=O)[C@@H]1[C@H](CCCB2O[C@@H]3C[C@@H]4C[C@@H](C4(C)C)[C@]3(C)O2)[C@@H](NCCNC(=O)OC(C)(C)C)CN1C(=O)OC(C)(C)C. The van der Waals surface area contributed by atoms with E-state index in [2.05, 4.69) is 31.4 Å². The van der Waals surface area contributed by atoms with E-state index in [9.17, 15) is 14.4 Å². The topological polar surface area (TPSA) is 115 Å². The fraction of sp³-hybridized carbons (Fsp3) is 0.903. The number of rotatable bonds is 9. The largest absolute Gasteiger partial charge is 0.457 e. The first-order valence-corrected chi connectivity index (χ1v) is 15.9. The molecular weight excluding hydrogens is 537 g/mol. The third-order valence-electron chi connectivity index (χ3n) is 9.87. The maximum atomic E-state index is 13.2. The molecule has 0 spiro atoms. The predicted molar refractivity (Wildman–Crippen MR) is 161 cm³/mol. The quantitative estimate of drug-likeness (QED) is 0.290. The standard InChI is InChI=1S/C31H54BN3O7/c1-19(36)25-21(12-11-13-32-41-24-17-20-16-23(30(20,8)9)31(24,10)42-32)22(18-35(25)27(38)40-29(5,6)7)33-14-15-34-26(37)39-28(2,3)4/h20-25,33H,11-18H2,1-10H3,(H,34,37)/t20-,21+,22-,23-,24+,25+,31-/m0/s1. The highest BCUT2D eigenvalue weighted by molar-refractivity contribution is 6.45. The normalized spacial score (nSPS) is 33.6. The number of carbonyl (C=O) groups excluding carboxylic acids is 3. The second kappa shape index (κ2) is 11.9. The molecule has 2 saturated heterocycles. The van der Waals surface area contributed by atoms with Crippen molar-refractivity contribution in [2.24, 2.45) is 23.2 Å². The van der Waals surface area contributed by atoms with Crippen LogP contribution >= 0.6 is 0 Å². The summed E-state index contributed by atoms with van der Waals surface area (Å²) < 4.78 is 24.1. The lowest BCUT2D eigenvalue weighted by molar-refractivity contribution is -0.199. The van der Waals surface area contributed by atoms with Crippen LogP contribution in [0.3, 0.4) is 0 Å². The van der Waals surface area contributed by atoms with Crippen molar-refractivity contribution < 1.29 is 33.2 Å². The Bertz CT molecular complexity index is 1020. The van der Waals surface area contributed by atoms with Crippen molar-refractivity contribution in [2.75, 3.05) is 19.6 Å². The first-order valence-electron chi connectivity index (χ1n) is 15.9. The fourth-order valence-corrected chi connectivity index (χ4v) is 7.85. The number of likely N-dealkylation sites (tertiary alicyclic amines) is 1. The maximum Gasteiger partial charge on any atom is 0.457 e. The highest BCUT2D eigenvalue weighted by Gasteiger charge is 2.67. The maximum absolute atomic E-state index is 13.2. The molecule has 5 rings (SSSR count). The number of nitrogens with zero attached hydrogens (tertiary/aromatic N) is 1. The van der Waals surface area contributed by atoms with E-state index in [1.807, 2.05) is 41.5 Å². The Hall–Kier alpha value is -1.85. The Balaban J connectivity index is 1.37. The summed E-state index contributed by atoms with van der Waals surface area (Å²) >= 11 is 0. The number of Topliss-reactive ketones (excluding diaryl/α,β-unsaturated/α-hetero) is 1. The van der Waals surface area contributed by atoms with Gasteiger partial charge in [0.15, 0.2) is 5.78 Å². The van der Waals surface area contributed by atoms with Crippen LogP contribution in [0, 0.1) is 23.2 Å². The third-order valence-corrected chi connectivity index (χ3v) is 9.87. The molecule has 2 N–H and O–H groups in total. The van der Waals surface area contributed by atoms with Crippen molar-refractivity contribution in [3.8, 4) is 0 Å². The van der Waals surface area contributed by atoms with Gasteiger partial charge in [-0.15, -0.1) is 0 Å². The van der Waals surface area contributed by atoms with Gasteiger partial charge in [-0.2, -0.15) is 0 Å². The zero-order valence-electron chi connectivity index (χ0n) is 27.5. The molecule has 2 heterocycles. The summed E-state index contributed by atoms with van der Waals surface area (Å²) in [7, 11) is -0.251. The molecule has 10 nitrogen and oxygen atoms in total. The lowest BCUT2D eigenvalue weighted by Crippen LogP contribution is -2.65. The van der Waals surface area contributed by atoms with Gasteiger partial charge in [0, 0.05) is 31.6 Å². The highest BCUT2D eigenvalue weighted by Crippen LogP contribution is 2.65. The van der Waals surface area contributed by atoms with Gasteiger partial charge in [0.25, 0.3) is 0 Å². The lowest BCUT2D eigenvalue weighted by Gasteiger charge is -2.64. The van der Waals surface area contributed by atoms with E-state index in [4.69, 9.17) is 18.8 Å². The first-order chi connectivity index (χ1) is 19.3. The average Bonchev–Trinajstić information content (AvgIpc) is 3.36. The number of nitrogens with one attached hydrogen (secondary N) is 2. The molecule has 2 amide bonds. The van der Waals surface area contributed by atoms with Crippen molar-refractivity contribution in [2.45, 2.75) is 136 Å². The number of amides is 2. The van der Waals surface area contributed by atoms with Gasteiger partial charge in [-0.3, -0.25) is 9.69 Å². The van der Waals surface area contributed by atoms with Crippen molar-refractivity contribution >= 4 is 25.1 Å². The minimum Gasteiger partial charge on any atom is -0.444 e. The molecule has 2 aliphatic heterocycles. The number of ketones is 1. The van der Waals surface area contributed by atoms with Crippen molar-refractivity contribution in [3.05, 3.63) is 0 Å². The van der Waals surface area contributed by atoms with Gasteiger partial charge in [0.05, 0.1) is 17.7 Å². The van der Waals surface area contributed by atoms with Gasteiger partial charge in [-0.25, -0.2) is 9.59 Å². The molecular formula is C31H54BN3O7. The van der Waals surface area contributed by atoms with Crippen LogP contribution in [0.4, 0.5) is 9.59 Å². The van der Waals surface area contributed by atoms with Crippen molar-refractivity contribution in [3.63, 3.8) is 0 Å². The molecule has 3 saturated carbocycles. The van der Waals surface area contributed by atoms with Crippen LogP contribution in [0.5, 0.6) is 0 Å². The van der Waals surface area contributed by atoms with E-state index in [1.165, 1.54) is 6.42 Å². The smallest absolute Gasteiger partial charge is 0.444 e. The van der Waals surface area contributed by atoms with Gasteiger partial charge in [0.1, 0.15) is 11.2 Å². The van der Waals surface area contributed by atoms with E-state index in [-0.39, 0.29) is 36.6 Å². The number of ether oxygens (including phenoxy) is 2. The van der Waals surface area contributed by atoms with Crippen LogP contribution in [0.2, 0.25) is 6.32 Å². The molecule has 5 fully saturated rings. The molecule has 238 valence electrons. The monoisotopic (exact) mass is 591 g/mol. The highest BCUT2D eigenvalue weighted by atomic mass is 16.7. The Morgan fingerprint density at radius 3 is 2.26 bits per heavy atom. The number of alkyl carbamates (subject to hydrolysis) is 1. The molecule has 0 aromatic heterocycles. The molecule has 2 bridgehead atoms. The fourth-order valence-electron chi connectivity index (χ4n) is 7.85. The van der Waals surface area contributed by atoms with E-state index >= 15 is 0 Å². The molecule has 0 radical (unpaired) electrons. The predicted octanol–water partition coefficient (Wildman–Crippen LogP) is 4.80. The number of hydrogen-bond acceptors (Lipinski definition) is 8. The molecule has 0 unspecified atom stereocenters. The van der Waals surface area contributed by atoms with E-state index < -0.39 is 29.4 Å². The number of hydrogen-bond donors (Lipinski definition) is 2.